The largest absolute Gasteiger partial charge is 0.497 e. The van der Waals surface area contributed by atoms with Gasteiger partial charge in [0, 0.05) is 17.6 Å². The van der Waals surface area contributed by atoms with E-state index in [1.807, 2.05) is 12.1 Å². The fourth-order valence-corrected chi connectivity index (χ4v) is 4.74. The van der Waals surface area contributed by atoms with Crippen LogP contribution in [0.25, 0.3) is 0 Å². The highest BCUT2D eigenvalue weighted by Gasteiger charge is 2.47. The second-order valence-corrected chi connectivity index (χ2v) is 7.99. The van der Waals surface area contributed by atoms with Gasteiger partial charge in [0.15, 0.2) is 0 Å². The standard InChI is InChI=1S/C23H26F2N2O2/c1-3-11-26-12-9-23(10-13-26)15-27(20-8-7-16(29-2)14-17(20)23)22(28)21-18(24)5-4-6-19(21)25/h4-8,14H,3,9-13,15H2,1-2H3. The number of anilines is 1. The Bertz CT molecular complexity index is 903. The van der Waals surface area contributed by atoms with E-state index >= 15 is 0 Å². The maximum Gasteiger partial charge on any atom is 0.264 e. The molecule has 1 saturated heterocycles. The zero-order valence-corrected chi connectivity index (χ0v) is 16.9. The number of ether oxygens (including phenoxy) is 1. The van der Waals surface area contributed by atoms with Crippen molar-refractivity contribution in [1.82, 2.24) is 4.90 Å². The van der Waals surface area contributed by atoms with Gasteiger partial charge in [0.2, 0.25) is 0 Å². The number of likely N-dealkylation sites (tertiary alicyclic amines) is 1. The molecule has 0 saturated carbocycles. The van der Waals surface area contributed by atoms with Gasteiger partial charge in [-0.2, -0.15) is 0 Å². The normalized spacial score (nSPS) is 18.1. The number of benzene rings is 2. The number of fused-ring (bicyclic) bond motifs is 2. The minimum atomic E-state index is -0.830. The van der Waals surface area contributed by atoms with E-state index in [2.05, 4.69) is 11.8 Å². The van der Waals surface area contributed by atoms with E-state index in [9.17, 15) is 13.6 Å². The summed E-state index contributed by atoms with van der Waals surface area (Å²) in [6, 6.07) is 9.13. The van der Waals surface area contributed by atoms with Crippen LogP contribution >= 0.6 is 0 Å². The summed E-state index contributed by atoms with van der Waals surface area (Å²) in [5, 5.41) is 0. The second kappa shape index (κ2) is 7.75. The summed E-state index contributed by atoms with van der Waals surface area (Å²) < 4.78 is 34.0. The Hall–Kier alpha value is -2.47. The Morgan fingerprint density at radius 2 is 1.83 bits per heavy atom. The molecular formula is C23H26F2N2O2. The van der Waals surface area contributed by atoms with Gasteiger partial charge in [0.25, 0.3) is 5.91 Å². The van der Waals surface area contributed by atoms with Crippen molar-refractivity contribution in [3.63, 3.8) is 0 Å². The van der Waals surface area contributed by atoms with Crippen LogP contribution in [0.4, 0.5) is 14.5 Å². The van der Waals surface area contributed by atoms with Gasteiger partial charge < -0.3 is 14.5 Å². The summed E-state index contributed by atoms with van der Waals surface area (Å²) >= 11 is 0. The van der Waals surface area contributed by atoms with E-state index in [0.717, 1.165) is 68.0 Å². The summed E-state index contributed by atoms with van der Waals surface area (Å²) in [7, 11) is 1.62. The van der Waals surface area contributed by atoms with Crippen LogP contribution in [0.2, 0.25) is 0 Å². The van der Waals surface area contributed by atoms with Crippen molar-refractivity contribution in [2.45, 2.75) is 31.6 Å². The average molecular weight is 400 g/mol. The van der Waals surface area contributed by atoms with Crippen molar-refractivity contribution >= 4 is 11.6 Å². The molecule has 2 aliphatic rings. The summed E-state index contributed by atoms with van der Waals surface area (Å²) in [5.74, 6) is -1.56. The molecule has 29 heavy (non-hydrogen) atoms. The zero-order chi connectivity index (χ0) is 20.6. The van der Waals surface area contributed by atoms with E-state index in [1.165, 1.54) is 6.07 Å². The predicted octanol–water partition coefficient (Wildman–Crippen LogP) is 4.38. The van der Waals surface area contributed by atoms with Gasteiger partial charge in [-0.05, 0) is 74.8 Å². The van der Waals surface area contributed by atoms with E-state index in [1.54, 1.807) is 18.1 Å². The van der Waals surface area contributed by atoms with E-state index in [-0.39, 0.29) is 5.41 Å². The number of rotatable bonds is 4. The van der Waals surface area contributed by atoms with Crippen LogP contribution in [-0.4, -0.2) is 44.1 Å². The van der Waals surface area contributed by atoms with Crippen molar-refractivity contribution in [1.29, 1.82) is 0 Å². The number of carbonyl (C=O) groups excluding carboxylic acids is 1. The Morgan fingerprint density at radius 3 is 2.45 bits per heavy atom. The van der Waals surface area contributed by atoms with Crippen LogP contribution in [0.15, 0.2) is 36.4 Å². The summed E-state index contributed by atoms with van der Waals surface area (Å²) in [6.45, 7) is 5.55. The number of piperidine rings is 1. The first-order valence-corrected chi connectivity index (χ1v) is 10.2. The Kier molecular flexibility index (Phi) is 5.30. The van der Waals surface area contributed by atoms with Crippen molar-refractivity contribution < 1.29 is 18.3 Å². The number of nitrogens with zero attached hydrogens (tertiary/aromatic N) is 2. The second-order valence-electron chi connectivity index (χ2n) is 7.99. The first-order chi connectivity index (χ1) is 14.0. The third kappa shape index (κ3) is 3.39. The molecule has 4 rings (SSSR count). The van der Waals surface area contributed by atoms with Gasteiger partial charge in [0.05, 0.1) is 7.11 Å². The highest BCUT2D eigenvalue weighted by molar-refractivity contribution is 6.08. The molecule has 0 unspecified atom stereocenters. The predicted molar refractivity (Wildman–Crippen MR) is 109 cm³/mol. The zero-order valence-electron chi connectivity index (χ0n) is 16.9. The molecule has 0 atom stereocenters. The Morgan fingerprint density at radius 1 is 1.14 bits per heavy atom. The van der Waals surface area contributed by atoms with Gasteiger partial charge in [-0.3, -0.25) is 4.79 Å². The van der Waals surface area contributed by atoms with Gasteiger partial charge in [-0.15, -0.1) is 0 Å². The third-order valence-electron chi connectivity index (χ3n) is 6.30. The highest BCUT2D eigenvalue weighted by Crippen LogP contribution is 2.48. The molecule has 0 N–H and O–H groups in total. The maximum absolute atomic E-state index is 14.3. The van der Waals surface area contributed by atoms with Crippen LogP contribution in [0.5, 0.6) is 5.75 Å². The molecule has 0 aliphatic carbocycles. The molecule has 0 aromatic heterocycles. The highest BCUT2D eigenvalue weighted by atomic mass is 19.1. The van der Waals surface area contributed by atoms with Crippen molar-refractivity contribution in [2.24, 2.45) is 0 Å². The van der Waals surface area contributed by atoms with Crippen molar-refractivity contribution in [3.8, 4) is 5.75 Å². The van der Waals surface area contributed by atoms with Crippen LogP contribution in [-0.2, 0) is 5.41 Å². The van der Waals surface area contributed by atoms with Gasteiger partial charge in [0.1, 0.15) is 22.9 Å². The molecule has 6 heteroatoms. The lowest BCUT2D eigenvalue weighted by atomic mass is 9.74. The van der Waals surface area contributed by atoms with Gasteiger partial charge in [-0.25, -0.2) is 8.78 Å². The van der Waals surface area contributed by atoms with Crippen LogP contribution in [0.3, 0.4) is 0 Å². The molecule has 2 aliphatic heterocycles. The minimum absolute atomic E-state index is 0.217. The molecule has 2 heterocycles. The van der Waals surface area contributed by atoms with Gasteiger partial charge in [-0.1, -0.05) is 13.0 Å². The summed E-state index contributed by atoms with van der Waals surface area (Å²) in [4.78, 5) is 17.2. The molecule has 1 fully saturated rings. The SMILES string of the molecule is CCCN1CCC2(CC1)CN(C(=O)c1c(F)cccc1F)c1ccc(OC)cc12. The summed E-state index contributed by atoms with van der Waals surface area (Å²) in [5.41, 5.74) is 1.06. The molecule has 154 valence electrons. The van der Waals surface area contributed by atoms with Gasteiger partial charge >= 0.3 is 0 Å². The van der Waals surface area contributed by atoms with E-state index in [0.29, 0.717) is 6.54 Å². The molecule has 0 radical (unpaired) electrons. The number of halogens is 2. The number of methoxy groups -OCH3 is 1. The Balaban J connectivity index is 1.72. The number of carbonyl (C=O) groups is 1. The van der Waals surface area contributed by atoms with Crippen molar-refractivity contribution in [2.75, 3.05) is 38.2 Å². The van der Waals surface area contributed by atoms with Crippen LogP contribution < -0.4 is 9.64 Å². The van der Waals surface area contributed by atoms with Crippen LogP contribution in [0, 0.1) is 11.6 Å². The molecule has 0 bridgehead atoms. The number of hydrogen-bond donors (Lipinski definition) is 0. The minimum Gasteiger partial charge on any atom is -0.497 e. The van der Waals surface area contributed by atoms with Crippen LogP contribution in [0.1, 0.15) is 42.1 Å². The quantitative estimate of drug-likeness (QED) is 0.764. The summed E-state index contributed by atoms with van der Waals surface area (Å²) in [6.07, 6.45) is 2.90. The monoisotopic (exact) mass is 400 g/mol. The topological polar surface area (TPSA) is 32.8 Å². The molecule has 4 nitrogen and oxygen atoms in total. The third-order valence-corrected chi connectivity index (χ3v) is 6.30. The Labute approximate surface area is 170 Å². The smallest absolute Gasteiger partial charge is 0.264 e. The first kappa shape index (κ1) is 19.8. The lowest BCUT2D eigenvalue weighted by Gasteiger charge is -2.39. The molecule has 1 spiro atoms. The average Bonchev–Trinajstić information content (AvgIpc) is 3.03. The number of amides is 1. The molecule has 2 aromatic carbocycles. The van der Waals surface area contributed by atoms with E-state index < -0.39 is 23.1 Å². The fraction of sp³-hybridized carbons (Fsp3) is 0.435. The lowest BCUT2D eigenvalue weighted by molar-refractivity contribution is 0.0968. The van der Waals surface area contributed by atoms with Crippen molar-refractivity contribution in [3.05, 3.63) is 59.2 Å². The molecule has 1 amide bonds. The fourth-order valence-electron chi connectivity index (χ4n) is 4.74. The van der Waals surface area contributed by atoms with E-state index in [4.69, 9.17) is 4.74 Å². The number of hydrogen-bond acceptors (Lipinski definition) is 3. The molecule has 2 aromatic rings. The molecular weight excluding hydrogens is 374 g/mol. The first-order valence-electron chi connectivity index (χ1n) is 10.2. The lowest BCUT2D eigenvalue weighted by Crippen LogP contribution is -2.46. The maximum atomic E-state index is 14.3.